The van der Waals surface area contributed by atoms with Crippen molar-refractivity contribution in [3.63, 3.8) is 0 Å². The zero-order valence-electron chi connectivity index (χ0n) is 10.6. The summed E-state index contributed by atoms with van der Waals surface area (Å²) in [6, 6.07) is 6.14. The fourth-order valence-electron chi connectivity index (χ4n) is 1.94. The minimum Gasteiger partial charge on any atom is -0.507 e. The fourth-order valence-corrected chi connectivity index (χ4v) is 1.94. The van der Waals surface area contributed by atoms with Crippen LogP contribution < -0.4 is 4.74 Å². The van der Waals surface area contributed by atoms with E-state index in [1.165, 1.54) is 13.2 Å². The number of hydrogen-bond donors (Lipinski definition) is 2. The van der Waals surface area contributed by atoms with Gasteiger partial charge in [0.25, 0.3) is 0 Å². The highest BCUT2D eigenvalue weighted by molar-refractivity contribution is 6.06. The summed E-state index contributed by atoms with van der Waals surface area (Å²) in [6.07, 6.45) is 0. The summed E-state index contributed by atoms with van der Waals surface area (Å²) < 4.78 is 9.97. The summed E-state index contributed by atoms with van der Waals surface area (Å²) in [5.41, 5.74) is -0.0867. The number of benzene rings is 2. The molecule has 5 nitrogen and oxygen atoms in total. The number of hydrogen-bond acceptors (Lipinski definition) is 5. The Morgan fingerprint density at radius 3 is 2.68 bits per heavy atom. The number of carbonyl (C=O) groups is 1. The number of rotatable bonds is 3. The van der Waals surface area contributed by atoms with Crippen molar-refractivity contribution < 1.29 is 24.5 Å². The lowest BCUT2D eigenvalue weighted by atomic mass is 10.0. The number of phenols is 2. The van der Waals surface area contributed by atoms with Gasteiger partial charge in [-0.3, -0.25) is 0 Å². The summed E-state index contributed by atoms with van der Waals surface area (Å²) in [6.45, 7) is 1.85. The number of carbonyl (C=O) groups excluding carboxylic acids is 1. The molecule has 2 aromatic rings. The van der Waals surface area contributed by atoms with Crippen molar-refractivity contribution in [1.82, 2.24) is 0 Å². The lowest BCUT2D eigenvalue weighted by Crippen LogP contribution is -2.05. The molecule has 19 heavy (non-hydrogen) atoms. The predicted octanol–water partition coefficient (Wildman–Crippen LogP) is 2.44. The summed E-state index contributed by atoms with van der Waals surface area (Å²) in [7, 11) is 1.45. The number of esters is 1. The second-order valence-corrected chi connectivity index (χ2v) is 3.90. The Morgan fingerprint density at radius 1 is 1.32 bits per heavy atom. The Morgan fingerprint density at radius 2 is 2.05 bits per heavy atom. The molecule has 5 heteroatoms. The Labute approximate surface area is 110 Å². The number of methoxy groups -OCH3 is 1. The molecule has 0 aliphatic rings. The van der Waals surface area contributed by atoms with Gasteiger partial charge in [0.15, 0.2) is 0 Å². The quantitative estimate of drug-likeness (QED) is 0.656. The van der Waals surface area contributed by atoms with Crippen LogP contribution in [-0.4, -0.2) is 29.9 Å². The van der Waals surface area contributed by atoms with Gasteiger partial charge in [-0.1, -0.05) is 12.1 Å². The summed E-state index contributed by atoms with van der Waals surface area (Å²) >= 11 is 0. The second kappa shape index (κ2) is 5.06. The first-order valence-electron chi connectivity index (χ1n) is 5.78. The normalized spacial score (nSPS) is 10.4. The van der Waals surface area contributed by atoms with Crippen LogP contribution in [0.25, 0.3) is 10.8 Å². The van der Waals surface area contributed by atoms with Gasteiger partial charge >= 0.3 is 5.97 Å². The average molecular weight is 262 g/mol. The maximum absolute atomic E-state index is 11.7. The zero-order valence-corrected chi connectivity index (χ0v) is 10.6. The van der Waals surface area contributed by atoms with Crippen molar-refractivity contribution in [2.75, 3.05) is 13.7 Å². The minimum absolute atomic E-state index is 0.0867. The number of ether oxygens (including phenoxy) is 2. The molecule has 0 unspecified atom stereocenters. The van der Waals surface area contributed by atoms with E-state index in [0.717, 1.165) is 0 Å². The first-order chi connectivity index (χ1) is 9.10. The third-order valence-electron chi connectivity index (χ3n) is 2.79. The average Bonchev–Trinajstić information content (AvgIpc) is 2.42. The molecule has 0 amide bonds. The van der Waals surface area contributed by atoms with Crippen LogP contribution in [-0.2, 0) is 4.74 Å². The highest BCUT2D eigenvalue weighted by atomic mass is 16.5. The van der Waals surface area contributed by atoms with Gasteiger partial charge in [-0.05, 0) is 19.1 Å². The summed E-state index contributed by atoms with van der Waals surface area (Å²) in [5.74, 6) is -0.696. The molecule has 0 aliphatic carbocycles. The molecular formula is C14H14O5. The van der Waals surface area contributed by atoms with Crippen molar-refractivity contribution in [2.45, 2.75) is 6.92 Å². The van der Waals surface area contributed by atoms with Gasteiger partial charge in [0.05, 0.1) is 19.1 Å². The second-order valence-electron chi connectivity index (χ2n) is 3.90. The summed E-state index contributed by atoms with van der Waals surface area (Å²) in [5, 5.41) is 20.8. The van der Waals surface area contributed by atoms with E-state index in [4.69, 9.17) is 9.47 Å². The molecule has 0 spiro atoms. The van der Waals surface area contributed by atoms with Crippen molar-refractivity contribution in [2.24, 2.45) is 0 Å². The number of phenolic OH excluding ortho intramolecular Hbond substituents is 2. The third kappa shape index (κ3) is 2.14. The molecule has 2 rings (SSSR count). The van der Waals surface area contributed by atoms with Gasteiger partial charge in [-0.2, -0.15) is 0 Å². The Kier molecular flexibility index (Phi) is 3.46. The van der Waals surface area contributed by atoms with Crippen molar-refractivity contribution in [1.29, 1.82) is 0 Å². The Balaban J connectivity index is 2.76. The van der Waals surface area contributed by atoms with Gasteiger partial charge in [-0.15, -0.1) is 0 Å². The van der Waals surface area contributed by atoms with Gasteiger partial charge in [-0.25, -0.2) is 4.79 Å². The van der Waals surface area contributed by atoms with E-state index in [2.05, 4.69) is 0 Å². The largest absolute Gasteiger partial charge is 0.507 e. The fraction of sp³-hybridized carbons (Fsp3) is 0.214. The number of aromatic hydroxyl groups is 2. The molecule has 0 aliphatic heterocycles. The summed E-state index contributed by atoms with van der Waals surface area (Å²) in [4.78, 5) is 11.7. The minimum atomic E-state index is -0.692. The maximum Gasteiger partial charge on any atom is 0.342 e. The first-order valence-corrected chi connectivity index (χ1v) is 5.78. The standard InChI is InChI=1S/C14H14O5/c1-3-19-14(17)9-7-10(15)8-5-4-6-11(18-2)12(8)13(9)16/h4-7,15-16H,3H2,1-2H3. The Hall–Kier alpha value is -2.43. The van der Waals surface area contributed by atoms with E-state index in [9.17, 15) is 15.0 Å². The lowest BCUT2D eigenvalue weighted by molar-refractivity contribution is 0.0523. The van der Waals surface area contributed by atoms with Crippen LogP contribution >= 0.6 is 0 Å². The Bertz CT molecular complexity index is 633. The van der Waals surface area contributed by atoms with E-state index < -0.39 is 5.97 Å². The molecule has 0 aromatic heterocycles. The molecule has 0 atom stereocenters. The SMILES string of the molecule is CCOC(=O)c1cc(O)c2cccc(OC)c2c1O. The molecule has 0 bridgehead atoms. The molecule has 0 saturated heterocycles. The molecule has 0 heterocycles. The van der Waals surface area contributed by atoms with Gasteiger partial charge in [0, 0.05) is 5.39 Å². The van der Waals surface area contributed by atoms with Crippen LogP contribution in [0.3, 0.4) is 0 Å². The molecule has 0 fully saturated rings. The van der Waals surface area contributed by atoms with Crippen LogP contribution in [0.2, 0.25) is 0 Å². The van der Waals surface area contributed by atoms with E-state index in [1.807, 2.05) is 0 Å². The van der Waals surface area contributed by atoms with Crippen LogP contribution in [0.15, 0.2) is 24.3 Å². The lowest BCUT2D eigenvalue weighted by Gasteiger charge is -2.12. The maximum atomic E-state index is 11.7. The van der Waals surface area contributed by atoms with Gasteiger partial charge in [0.1, 0.15) is 22.8 Å². The van der Waals surface area contributed by atoms with Crippen LogP contribution in [0.4, 0.5) is 0 Å². The zero-order chi connectivity index (χ0) is 14.0. The first kappa shape index (κ1) is 13.0. The molecule has 2 N–H and O–H groups in total. The molecule has 2 aromatic carbocycles. The highest BCUT2D eigenvalue weighted by Gasteiger charge is 2.20. The van der Waals surface area contributed by atoms with E-state index in [1.54, 1.807) is 25.1 Å². The predicted molar refractivity (Wildman–Crippen MR) is 69.8 cm³/mol. The third-order valence-corrected chi connectivity index (χ3v) is 2.79. The molecule has 100 valence electrons. The van der Waals surface area contributed by atoms with E-state index in [-0.39, 0.29) is 29.1 Å². The number of fused-ring (bicyclic) bond motifs is 1. The van der Waals surface area contributed by atoms with Crippen LogP contribution in [0.5, 0.6) is 17.2 Å². The molecule has 0 saturated carbocycles. The van der Waals surface area contributed by atoms with Gasteiger partial charge < -0.3 is 19.7 Å². The van der Waals surface area contributed by atoms with Crippen molar-refractivity contribution >= 4 is 16.7 Å². The van der Waals surface area contributed by atoms with Gasteiger partial charge in [0.2, 0.25) is 0 Å². The van der Waals surface area contributed by atoms with Crippen molar-refractivity contribution in [3.05, 3.63) is 29.8 Å². The molecular weight excluding hydrogens is 248 g/mol. The van der Waals surface area contributed by atoms with E-state index in [0.29, 0.717) is 11.1 Å². The van der Waals surface area contributed by atoms with Crippen molar-refractivity contribution in [3.8, 4) is 17.2 Å². The topological polar surface area (TPSA) is 76.0 Å². The smallest absolute Gasteiger partial charge is 0.342 e. The monoisotopic (exact) mass is 262 g/mol. The highest BCUT2D eigenvalue weighted by Crippen LogP contribution is 2.40. The van der Waals surface area contributed by atoms with E-state index >= 15 is 0 Å². The van der Waals surface area contributed by atoms with Crippen LogP contribution in [0, 0.1) is 0 Å². The molecule has 0 radical (unpaired) electrons. The van der Waals surface area contributed by atoms with Crippen LogP contribution in [0.1, 0.15) is 17.3 Å².